The van der Waals surface area contributed by atoms with Gasteiger partial charge in [0.25, 0.3) is 0 Å². The lowest BCUT2D eigenvalue weighted by atomic mass is 9.83. The number of halogens is 1. The molecule has 0 saturated heterocycles. The molecule has 1 aliphatic heterocycles. The highest BCUT2D eigenvalue weighted by Gasteiger charge is 2.17. The molecular formula is C29H33FN2O. The third kappa shape index (κ3) is 5.44. The van der Waals surface area contributed by atoms with Crippen LogP contribution in [0.5, 0.6) is 0 Å². The van der Waals surface area contributed by atoms with Crippen molar-refractivity contribution in [1.82, 2.24) is 0 Å². The van der Waals surface area contributed by atoms with Crippen molar-refractivity contribution < 1.29 is 9.18 Å². The molecule has 1 saturated carbocycles. The van der Waals surface area contributed by atoms with Crippen molar-refractivity contribution in [2.75, 3.05) is 23.8 Å². The standard InChI is InChI=1S/C21H25N.C8H8FNO/c1-22-14-13-20-15-19(11-12-21(20)22)18-9-7-17(8-10-18)16-5-3-2-4-6-16;1-6-3-2-4-7(9)8(6)10-5-11/h7-12,15-16H,2-6,13-14H2,1H3;2-5H,1H3,(H,10,11). The lowest BCUT2D eigenvalue weighted by molar-refractivity contribution is -0.105. The molecule has 0 atom stereocenters. The van der Waals surface area contributed by atoms with E-state index >= 15 is 0 Å². The summed E-state index contributed by atoms with van der Waals surface area (Å²) in [5.41, 5.74) is 8.14. The molecule has 1 aliphatic carbocycles. The average molecular weight is 445 g/mol. The number of hydrogen-bond acceptors (Lipinski definition) is 2. The number of aryl methyl sites for hydroxylation is 1. The fourth-order valence-electron chi connectivity index (χ4n) is 5.00. The SMILES string of the molecule is CN1CCc2cc(-c3ccc(C4CCCCC4)cc3)ccc21.Cc1cccc(F)c1NC=O. The lowest BCUT2D eigenvalue weighted by Gasteiger charge is -2.22. The van der Waals surface area contributed by atoms with Crippen LogP contribution in [0.15, 0.2) is 60.7 Å². The first-order valence-corrected chi connectivity index (χ1v) is 12.0. The second kappa shape index (κ2) is 10.7. The molecule has 5 rings (SSSR count). The molecule has 1 fully saturated rings. The van der Waals surface area contributed by atoms with Gasteiger partial charge in [-0.1, -0.05) is 61.7 Å². The van der Waals surface area contributed by atoms with Crippen molar-refractivity contribution in [3.63, 3.8) is 0 Å². The fraction of sp³-hybridized carbons (Fsp3) is 0.345. The molecule has 1 heterocycles. The zero-order valence-electron chi connectivity index (χ0n) is 19.6. The molecule has 0 radical (unpaired) electrons. The number of hydrogen-bond donors (Lipinski definition) is 1. The maximum atomic E-state index is 12.8. The molecule has 0 aromatic heterocycles. The van der Waals surface area contributed by atoms with E-state index in [9.17, 15) is 9.18 Å². The molecule has 1 N–H and O–H groups in total. The van der Waals surface area contributed by atoms with Gasteiger partial charge in [-0.25, -0.2) is 4.39 Å². The zero-order chi connectivity index (χ0) is 23.2. The van der Waals surface area contributed by atoms with Crippen molar-refractivity contribution in [3.05, 3.63) is 83.2 Å². The van der Waals surface area contributed by atoms with Crippen molar-refractivity contribution in [3.8, 4) is 11.1 Å². The largest absolute Gasteiger partial charge is 0.374 e. The molecule has 2 aliphatic rings. The summed E-state index contributed by atoms with van der Waals surface area (Å²) in [5, 5.41) is 2.29. The van der Waals surface area contributed by atoms with Gasteiger partial charge in [0, 0.05) is 19.3 Å². The number of nitrogens with zero attached hydrogens (tertiary/aromatic N) is 1. The van der Waals surface area contributed by atoms with Gasteiger partial charge < -0.3 is 10.2 Å². The Morgan fingerprint density at radius 1 is 0.970 bits per heavy atom. The quantitative estimate of drug-likeness (QED) is 0.436. The Morgan fingerprint density at radius 3 is 2.39 bits per heavy atom. The predicted octanol–water partition coefficient (Wildman–Crippen LogP) is 7.10. The van der Waals surface area contributed by atoms with E-state index < -0.39 is 5.82 Å². The average Bonchev–Trinajstić information content (AvgIpc) is 3.23. The minimum absolute atomic E-state index is 0.252. The van der Waals surface area contributed by atoms with Gasteiger partial charge in [-0.3, -0.25) is 4.79 Å². The van der Waals surface area contributed by atoms with E-state index in [0.717, 1.165) is 18.0 Å². The van der Waals surface area contributed by atoms with E-state index in [2.05, 4.69) is 59.7 Å². The van der Waals surface area contributed by atoms with E-state index in [0.29, 0.717) is 6.41 Å². The molecule has 0 bridgehead atoms. The second-order valence-corrected chi connectivity index (χ2v) is 9.17. The number of amides is 1. The van der Waals surface area contributed by atoms with E-state index in [4.69, 9.17) is 0 Å². The summed E-state index contributed by atoms with van der Waals surface area (Å²) in [4.78, 5) is 12.4. The van der Waals surface area contributed by atoms with E-state index in [1.165, 1.54) is 67.0 Å². The van der Waals surface area contributed by atoms with Crippen LogP contribution in [0.1, 0.15) is 54.7 Å². The first-order valence-electron chi connectivity index (χ1n) is 12.0. The highest BCUT2D eigenvalue weighted by molar-refractivity contribution is 5.73. The summed E-state index contributed by atoms with van der Waals surface area (Å²) >= 11 is 0. The number of fused-ring (bicyclic) bond motifs is 1. The zero-order valence-corrected chi connectivity index (χ0v) is 19.6. The smallest absolute Gasteiger partial charge is 0.211 e. The minimum atomic E-state index is -0.405. The number of carbonyl (C=O) groups excluding carboxylic acids is 1. The van der Waals surface area contributed by atoms with Gasteiger partial charge in [0.15, 0.2) is 0 Å². The molecule has 3 aromatic carbocycles. The maximum Gasteiger partial charge on any atom is 0.211 e. The number of likely N-dealkylation sites (N-methyl/N-ethyl adjacent to an activating group) is 1. The molecule has 4 heteroatoms. The van der Waals surface area contributed by atoms with Crippen LogP contribution in [0.4, 0.5) is 15.8 Å². The van der Waals surface area contributed by atoms with Crippen LogP contribution in [0.2, 0.25) is 0 Å². The van der Waals surface area contributed by atoms with Gasteiger partial charge in [0.05, 0.1) is 5.69 Å². The van der Waals surface area contributed by atoms with Crippen molar-refractivity contribution >= 4 is 17.8 Å². The Labute approximate surface area is 196 Å². The molecule has 1 amide bonds. The number of anilines is 2. The summed E-state index contributed by atoms with van der Waals surface area (Å²) in [6.07, 6.45) is 8.65. The van der Waals surface area contributed by atoms with Gasteiger partial charge in [0.1, 0.15) is 5.82 Å². The normalized spacial score (nSPS) is 15.4. The van der Waals surface area contributed by atoms with Crippen molar-refractivity contribution in [2.24, 2.45) is 0 Å². The van der Waals surface area contributed by atoms with Crippen LogP contribution in [-0.4, -0.2) is 20.0 Å². The van der Waals surface area contributed by atoms with Gasteiger partial charge in [-0.05, 0) is 78.1 Å². The fourth-order valence-corrected chi connectivity index (χ4v) is 5.00. The van der Waals surface area contributed by atoms with Crippen molar-refractivity contribution in [1.29, 1.82) is 0 Å². The first kappa shape index (κ1) is 23.0. The Morgan fingerprint density at radius 2 is 1.70 bits per heavy atom. The van der Waals surface area contributed by atoms with Crippen LogP contribution in [0.3, 0.4) is 0 Å². The summed E-state index contributed by atoms with van der Waals surface area (Å²) in [6, 6.07) is 21.0. The highest BCUT2D eigenvalue weighted by atomic mass is 19.1. The monoisotopic (exact) mass is 444 g/mol. The third-order valence-corrected chi connectivity index (χ3v) is 6.95. The molecular weight excluding hydrogens is 411 g/mol. The summed E-state index contributed by atoms with van der Waals surface area (Å²) in [5.74, 6) is 0.397. The molecule has 0 spiro atoms. The Bertz CT molecular complexity index is 1070. The van der Waals surface area contributed by atoms with Gasteiger partial charge in [0.2, 0.25) is 6.41 Å². The van der Waals surface area contributed by atoms with E-state index in [1.807, 2.05) is 0 Å². The Kier molecular flexibility index (Phi) is 7.43. The number of benzene rings is 3. The van der Waals surface area contributed by atoms with Crippen LogP contribution >= 0.6 is 0 Å². The molecule has 0 unspecified atom stereocenters. The van der Waals surface area contributed by atoms with Crippen LogP contribution in [0, 0.1) is 12.7 Å². The summed E-state index contributed by atoms with van der Waals surface area (Å²) < 4.78 is 12.8. The van der Waals surface area contributed by atoms with Gasteiger partial charge >= 0.3 is 0 Å². The number of nitrogens with one attached hydrogen (secondary N) is 1. The molecule has 3 aromatic rings. The molecule has 3 nitrogen and oxygen atoms in total. The predicted molar refractivity (Wildman–Crippen MR) is 136 cm³/mol. The van der Waals surface area contributed by atoms with Gasteiger partial charge in [-0.15, -0.1) is 0 Å². The number of para-hydroxylation sites is 1. The first-order chi connectivity index (χ1) is 16.1. The summed E-state index contributed by atoms with van der Waals surface area (Å²) in [6.45, 7) is 2.88. The minimum Gasteiger partial charge on any atom is -0.374 e. The van der Waals surface area contributed by atoms with Crippen LogP contribution < -0.4 is 10.2 Å². The number of carbonyl (C=O) groups is 1. The van der Waals surface area contributed by atoms with Gasteiger partial charge in [-0.2, -0.15) is 0 Å². The van der Waals surface area contributed by atoms with Crippen LogP contribution in [0.25, 0.3) is 11.1 Å². The lowest BCUT2D eigenvalue weighted by Crippen LogP contribution is -2.12. The third-order valence-electron chi connectivity index (χ3n) is 6.95. The summed E-state index contributed by atoms with van der Waals surface area (Å²) in [7, 11) is 2.18. The Balaban J connectivity index is 0.000000200. The molecule has 33 heavy (non-hydrogen) atoms. The number of rotatable bonds is 4. The second-order valence-electron chi connectivity index (χ2n) is 9.17. The maximum absolute atomic E-state index is 12.8. The topological polar surface area (TPSA) is 32.3 Å². The van der Waals surface area contributed by atoms with E-state index in [1.54, 1.807) is 24.6 Å². The van der Waals surface area contributed by atoms with E-state index in [-0.39, 0.29) is 5.69 Å². The Hall–Kier alpha value is -3.14. The van der Waals surface area contributed by atoms with Crippen LogP contribution in [-0.2, 0) is 11.2 Å². The molecule has 172 valence electrons. The van der Waals surface area contributed by atoms with Crippen molar-refractivity contribution in [2.45, 2.75) is 51.4 Å². The highest BCUT2D eigenvalue weighted by Crippen LogP contribution is 2.35.